The van der Waals surface area contributed by atoms with E-state index >= 15 is 0 Å². The molecule has 4 rings (SSSR count). The maximum atomic E-state index is 12.3. The average molecular weight is 394 g/mol. The van der Waals surface area contributed by atoms with Crippen molar-refractivity contribution in [2.45, 2.75) is 20.0 Å². The minimum atomic E-state index is -0.528. The van der Waals surface area contributed by atoms with Crippen molar-refractivity contribution < 1.29 is 18.5 Å². The number of ether oxygens (including phenoxy) is 1. The third-order valence-corrected chi connectivity index (χ3v) is 4.37. The second-order valence-corrected chi connectivity index (χ2v) is 6.48. The Bertz CT molecular complexity index is 1240. The maximum absolute atomic E-state index is 12.3. The van der Waals surface area contributed by atoms with Crippen LogP contribution < -0.4 is 15.8 Å². The summed E-state index contributed by atoms with van der Waals surface area (Å²) < 4.78 is 16.8. The summed E-state index contributed by atoms with van der Waals surface area (Å²) in [4.78, 5) is 28.5. The van der Waals surface area contributed by atoms with Crippen LogP contribution in [-0.2, 0) is 13.1 Å². The zero-order valence-electron chi connectivity index (χ0n) is 15.8. The summed E-state index contributed by atoms with van der Waals surface area (Å²) in [6.07, 6.45) is 0. The Kier molecular flexibility index (Phi) is 4.86. The van der Waals surface area contributed by atoms with E-state index < -0.39 is 11.7 Å². The molecule has 4 aromatic rings. The van der Waals surface area contributed by atoms with Crippen molar-refractivity contribution in [1.82, 2.24) is 20.0 Å². The molecule has 0 atom stereocenters. The molecule has 0 fully saturated rings. The minimum absolute atomic E-state index is 0.0297. The number of nitrogens with one attached hydrogen (secondary N) is 1. The summed E-state index contributed by atoms with van der Waals surface area (Å²) in [5, 5.41) is 6.51. The number of methoxy groups -OCH3 is 1. The Hall–Kier alpha value is -3.88. The van der Waals surface area contributed by atoms with Gasteiger partial charge in [-0.15, -0.1) is 0 Å². The average Bonchev–Trinajstić information content (AvgIpc) is 3.31. The SMILES string of the molecule is COc1cccc(CNC(=O)c2nc(Cn3c(=O)oc4ccc(C)cc43)no2)c1. The Morgan fingerprint density at radius 3 is 2.93 bits per heavy atom. The van der Waals surface area contributed by atoms with E-state index in [1.165, 1.54) is 4.57 Å². The molecule has 148 valence electrons. The van der Waals surface area contributed by atoms with Crippen LogP contribution in [0.25, 0.3) is 11.1 Å². The molecule has 9 heteroatoms. The summed E-state index contributed by atoms with van der Waals surface area (Å²) in [5.74, 6) is -0.321. The molecule has 2 heterocycles. The van der Waals surface area contributed by atoms with Crippen molar-refractivity contribution in [3.63, 3.8) is 0 Å². The first-order chi connectivity index (χ1) is 14.0. The van der Waals surface area contributed by atoms with Gasteiger partial charge in [0.2, 0.25) is 0 Å². The number of amides is 1. The number of benzene rings is 2. The lowest BCUT2D eigenvalue weighted by Crippen LogP contribution is -2.23. The van der Waals surface area contributed by atoms with E-state index in [-0.39, 0.29) is 24.8 Å². The highest BCUT2D eigenvalue weighted by Gasteiger charge is 2.17. The van der Waals surface area contributed by atoms with E-state index in [4.69, 9.17) is 13.7 Å². The number of aromatic nitrogens is 3. The first kappa shape index (κ1) is 18.5. The van der Waals surface area contributed by atoms with Crippen LogP contribution in [0, 0.1) is 6.92 Å². The number of nitrogens with zero attached hydrogens (tertiary/aromatic N) is 3. The van der Waals surface area contributed by atoms with E-state index in [0.29, 0.717) is 16.8 Å². The molecule has 2 aromatic carbocycles. The van der Waals surface area contributed by atoms with Gasteiger partial charge in [0.05, 0.1) is 19.2 Å². The van der Waals surface area contributed by atoms with Crippen molar-refractivity contribution in [1.29, 1.82) is 0 Å². The summed E-state index contributed by atoms with van der Waals surface area (Å²) in [5.41, 5.74) is 2.95. The number of hydrogen-bond acceptors (Lipinski definition) is 7. The third-order valence-electron chi connectivity index (χ3n) is 4.37. The van der Waals surface area contributed by atoms with Gasteiger partial charge in [-0.1, -0.05) is 23.4 Å². The van der Waals surface area contributed by atoms with Crippen LogP contribution in [0.15, 0.2) is 56.2 Å². The first-order valence-electron chi connectivity index (χ1n) is 8.87. The normalized spacial score (nSPS) is 11.0. The fraction of sp³-hybridized carbons (Fsp3) is 0.200. The van der Waals surface area contributed by atoms with Crippen molar-refractivity contribution in [3.05, 3.63) is 75.9 Å². The summed E-state index contributed by atoms with van der Waals surface area (Å²) in [6, 6.07) is 12.8. The van der Waals surface area contributed by atoms with Gasteiger partial charge in [0.25, 0.3) is 0 Å². The highest BCUT2D eigenvalue weighted by Crippen LogP contribution is 2.16. The van der Waals surface area contributed by atoms with Crippen molar-refractivity contribution >= 4 is 17.0 Å². The van der Waals surface area contributed by atoms with Gasteiger partial charge in [-0.25, -0.2) is 4.79 Å². The fourth-order valence-electron chi connectivity index (χ4n) is 2.91. The number of carbonyl (C=O) groups excluding carboxylic acids is 1. The second-order valence-electron chi connectivity index (χ2n) is 6.48. The molecular formula is C20H18N4O5. The number of hydrogen-bond donors (Lipinski definition) is 1. The van der Waals surface area contributed by atoms with Gasteiger partial charge in [0.15, 0.2) is 11.4 Å². The summed E-state index contributed by atoms with van der Waals surface area (Å²) in [7, 11) is 1.58. The van der Waals surface area contributed by atoms with Gasteiger partial charge in [0, 0.05) is 6.54 Å². The maximum Gasteiger partial charge on any atom is 0.420 e. The van der Waals surface area contributed by atoms with E-state index in [0.717, 1.165) is 11.1 Å². The van der Waals surface area contributed by atoms with Gasteiger partial charge in [-0.2, -0.15) is 4.98 Å². The molecule has 1 amide bonds. The number of rotatable bonds is 6. The smallest absolute Gasteiger partial charge is 0.420 e. The first-order valence-corrected chi connectivity index (χ1v) is 8.87. The molecule has 0 saturated heterocycles. The van der Waals surface area contributed by atoms with Crippen LogP contribution in [-0.4, -0.2) is 27.7 Å². The molecular weight excluding hydrogens is 376 g/mol. The van der Waals surface area contributed by atoms with Crippen LogP contribution in [0.3, 0.4) is 0 Å². The number of fused-ring (bicyclic) bond motifs is 1. The minimum Gasteiger partial charge on any atom is -0.497 e. The monoisotopic (exact) mass is 394 g/mol. The molecule has 0 saturated carbocycles. The van der Waals surface area contributed by atoms with Gasteiger partial charge in [-0.3, -0.25) is 9.36 Å². The molecule has 2 aromatic heterocycles. The molecule has 0 aliphatic heterocycles. The molecule has 29 heavy (non-hydrogen) atoms. The number of aryl methyl sites for hydroxylation is 1. The fourth-order valence-corrected chi connectivity index (χ4v) is 2.91. The molecule has 0 radical (unpaired) electrons. The highest BCUT2D eigenvalue weighted by molar-refractivity contribution is 5.89. The largest absolute Gasteiger partial charge is 0.497 e. The number of carbonyl (C=O) groups is 1. The molecule has 0 unspecified atom stereocenters. The molecule has 0 spiro atoms. The topological polar surface area (TPSA) is 112 Å². The van der Waals surface area contributed by atoms with E-state index in [1.54, 1.807) is 13.2 Å². The molecule has 9 nitrogen and oxygen atoms in total. The molecule has 0 aliphatic carbocycles. The van der Waals surface area contributed by atoms with Crippen LogP contribution in [0.2, 0.25) is 0 Å². The van der Waals surface area contributed by atoms with Gasteiger partial charge >= 0.3 is 17.6 Å². The summed E-state index contributed by atoms with van der Waals surface area (Å²) in [6.45, 7) is 2.22. The Balaban J connectivity index is 1.47. The molecule has 1 N–H and O–H groups in total. The van der Waals surface area contributed by atoms with E-state index in [1.807, 2.05) is 43.3 Å². The summed E-state index contributed by atoms with van der Waals surface area (Å²) >= 11 is 0. The van der Waals surface area contributed by atoms with Gasteiger partial charge in [-0.05, 0) is 42.3 Å². The highest BCUT2D eigenvalue weighted by atomic mass is 16.5. The molecule has 0 bridgehead atoms. The lowest BCUT2D eigenvalue weighted by Gasteiger charge is -2.04. The van der Waals surface area contributed by atoms with Crippen LogP contribution in [0.4, 0.5) is 0 Å². The van der Waals surface area contributed by atoms with Crippen molar-refractivity contribution in [2.75, 3.05) is 7.11 Å². The lowest BCUT2D eigenvalue weighted by molar-refractivity contribution is 0.0907. The Morgan fingerprint density at radius 1 is 1.24 bits per heavy atom. The van der Waals surface area contributed by atoms with Crippen LogP contribution in [0.5, 0.6) is 5.75 Å². The van der Waals surface area contributed by atoms with Crippen molar-refractivity contribution in [3.8, 4) is 5.75 Å². The van der Waals surface area contributed by atoms with Crippen LogP contribution >= 0.6 is 0 Å². The quantitative estimate of drug-likeness (QED) is 0.534. The predicted octanol–water partition coefficient (Wildman–Crippen LogP) is 2.27. The zero-order valence-corrected chi connectivity index (χ0v) is 15.8. The standard InChI is InChI=1S/C20H18N4O5/c1-12-6-7-16-15(8-12)24(20(26)28-16)11-17-22-19(29-23-17)18(25)21-10-13-4-3-5-14(9-13)27-2/h3-9H,10-11H2,1-2H3,(H,21,25). The van der Waals surface area contributed by atoms with Gasteiger partial charge < -0.3 is 19.0 Å². The predicted molar refractivity (Wildman–Crippen MR) is 103 cm³/mol. The van der Waals surface area contributed by atoms with Gasteiger partial charge in [0.1, 0.15) is 5.75 Å². The van der Waals surface area contributed by atoms with E-state index in [2.05, 4.69) is 15.5 Å². The Labute approximate surface area is 164 Å². The van der Waals surface area contributed by atoms with Crippen LogP contribution in [0.1, 0.15) is 27.6 Å². The van der Waals surface area contributed by atoms with Crippen molar-refractivity contribution in [2.24, 2.45) is 0 Å². The second kappa shape index (κ2) is 7.63. The lowest BCUT2D eigenvalue weighted by atomic mass is 10.2. The third kappa shape index (κ3) is 3.88. The zero-order chi connectivity index (χ0) is 20.4. The molecule has 0 aliphatic rings. The Morgan fingerprint density at radius 2 is 2.10 bits per heavy atom. The van der Waals surface area contributed by atoms with E-state index in [9.17, 15) is 9.59 Å². The number of oxazole rings is 1.